The number of phosphoric acid groups is 1. The van der Waals surface area contributed by atoms with Gasteiger partial charge in [0.2, 0.25) is 14.0 Å². The largest absolute Gasteiger partial charge is 0.472 e. The SMILES string of the molecule is Nc1nc2c(ncn2[C@@H]2O[C@H](CO)C(OP(=O)(O)OC[C@H]3O[C@@H](n4cnc5c(N)ncnc54)C(OC[PH](=O)O)C3O)C2F)c(=O)[nH]1. The second-order valence-electron chi connectivity index (χ2n) is 10.1. The highest BCUT2D eigenvalue weighted by Crippen LogP contribution is 2.50. The lowest BCUT2D eigenvalue weighted by molar-refractivity contribution is -0.0648. The fourth-order valence-corrected chi connectivity index (χ4v) is 6.45. The number of aliphatic hydroxyl groups is 2. The van der Waals surface area contributed by atoms with Crippen molar-refractivity contribution in [3.8, 4) is 0 Å². The summed E-state index contributed by atoms with van der Waals surface area (Å²) in [5, 5.41) is 20.8. The molecule has 25 heteroatoms. The maximum absolute atomic E-state index is 15.7. The number of fused-ring (bicyclic) bond motifs is 2. The second kappa shape index (κ2) is 12.6. The Hall–Kier alpha value is -3.47. The summed E-state index contributed by atoms with van der Waals surface area (Å²) in [4.78, 5) is 54.0. The number of nitrogens with one attached hydrogen (secondary N) is 1. The van der Waals surface area contributed by atoms with Crippen LogP contribution < -0.4 is 17.0 Å². The van der Waals surface area contributed by atoms with E-state index in [1.54, 1.807) is 0 Å². The van der Waals surface area contributed by atoms with Crippen LogP contribution in [-0.4, -0.2) is 115 Å². The molecule has 2 saturated heterocycles. The summed E-state index contributed by atoms with van der Waals surface area (Å²) in [6.45, 7) is -1.67. The van der Waals surface area contributed by atoms with Gasteiger partial charge in [-0.05, 0) is 0 Å². The fourth-order valence-electron chi connectivity index (χ4n) is 5.16. The van der Waals surface area contributed by atoms with Gasteiger partial charge >= 0.3 is 7.82 Å². The van der Waals surface area contributed by atoms with E-state index < -0.39 is 90.1 Å². The highest BCUT2D eigenvalue weighted by atomic mass is 31.2. The van der Waals surface area contributed by atoms with Gasteiger partial charge in [0.15, 0.2) is 41.3 Å². The molecule has 6 unspecified atom stereocenters. The highest BCUT2D eigenvalue weighted by Gasteiger charge is 2.52. The van der Waals surface area contributed by atoms with Crippen molar-refractivity contribution in [2.24, 2.45) is 0 Å². The third-order valence-electron chi connectivity index (χ3n) is 7.20. The number of alkyl halides is 1. The molecule has 46 heavy (non-hydrogen) atoms. The van der Waals surface area contributed by atoms with E-state index in [1.807, 2.05) is 0 Å². The minimum atomic E-state index is -5.17. The molecular formula is C21H27FN10O12P2. The molecule has 250 valence electrons. The van der Waals surface area contributed by atoms with E-state index in [2.05, 4.69) is 29.9 Å². The molecule has 0 bridgehead atoms. The van der Waals surface area contributed by atoms with Gasteiger partial charge in [-0.1, -0.05) is 0 Å². The molecule has 0 amide bonds. The average molecular weight is 692 g/mol. The van der Waals surface area contributed by atoms with E-state index >= 15 is 4.39 Å². The van der Waals surface area contributed by atoms with Crippen molar-refractivity contribution >= 4 is 49.9 Å². The van der Waals surface area contributed by atoms with Gasteiger partial charge < -0.3 is 45.7 Å². The Kier molecular flexibility index (Phi) is 8.91. The monoisotopic (exact) mass is 692 g/mol. The second-order valence-corrected chi connectivity index (χ2v) is 12.6. The molecule has 0 spiro atoms. The smallest absolute Gasteiger partial charge is 0.394 e. The number of phosphoric ester groups is 1. The van der Waals surface area contributed by atoms with Crippen LogP contribution in [-0.2, 0) is 32.4 Å². The summed E-state index contributed by atoms with van der Waals surface area (Å²) < 4.78 is 69.2. The number of aliphatic hydroxyl groups excluding tert-OH is 2. The Morgan fingerprint density at radius 2 is 1.76 bits per heavy atom. The summed E-state index contributed by atoms with van der Waals surface area (Å²) in [7, 11) is -8.32. The summed E-state index contributed by atoms with van der Waals surface area (Å²) in [5.41, 5.74) is 10.7. The first kappa shape index (κ1) is 32.5. The molecule has 4 aromatic rings. The molecule has 10 atom stereocenters. The summed E-state index contributed by atoms with van der Waals surface area (Å²) in [6, 6.07) is 0. The molecular weight excluding hydrogens is 665 g/mol. The molecule has 4 aromatic heterocycles. The number of imidazole rings is 2. The number of nitrogens with two attached hydrogens (primary N) is 2. The van der Waals surface area contributed by atoms with Crippen LogP contribution in [0.3, 0.4) is 0 Å². The number of nitrogen functional groups attached to an aromatic ring is 2. The van der Waals surface area contributed by atoms with E-state index in [-0.39, 0.29) is 34.1 Å². The van der Waals surface area contributed by atoms with Crippen LogP contribution >= 0.6 is 15.9 Å². The molecule has 2 aliphatic rings. The summed E-state index contributed by atoms with van der Waals surface area (Å²) in [5.74, 6) is -0.248. The third-order valence-corrected chi connectivity index (χ3v) is 8.60. The van der Waals surface area contributed by atoms with Crippen molar-refractivity contribution in [2.45, 2.75) is 49.1 Å². The number of hydrogen-bond acceptors (Lipinski definition) is 17. The predicted octanol–water partition coefficient (Wildman–Crippen LogP) is -2.08. The van der Waals surface area contributed by atoms with Crippen LogP contribution in [0.25, 0.3) is 22.3 Å². The van der Waals surface area contributed by atoms with Crippen molar-refractivity contribution in [1.29, 1.82) is 0 Å². The summed E-state index contributed by atoms with van der Waals surface area (Å²) >= 11 is 0. The normalized spacial score (nSPS) is 30.3. The number of aromatic nitrogens is 8. The Labute approximate surface area is 255 Å². The van der Waals surface area contributed by atoms with Crippen LogP contribution in [0, 0.1) is 0 Å². The van der Waals surface area contributed by atoms with Gasteiger partial charge in [-0.2, -0.15) is 4.98 Å². The molecule has 6 heterocycles. The van der Waals surface area contributed by atoms with Gasteiger partial charge in [0.25, 0.3) is 5.56 Å². The lowest BCUT2D eigenvalue weighted by Gasteiger charge is -2.23. The predicted molar refractivity (Wildman–Crippen MR) is 150 cm³/mol. The first-order valence-corrected chi connectivity index (χ1v) is 16.3. The molecule has 0 saturated carbocycles. The number of aromatic amines is 1. The lowest BCUT2D eigenvalue weighted by atomic mass is 10.1. The average Bonchev–Trinajstić information content (AvgIpc) is 3.76. The molecule has 0 aromatic carbocycles. The molecule has 9 N–H and O–H groups in total. The van der Waals surface area contributed by atoms with Crippen molar-refractivity contribution in [3.05, 3.63) is 29.3 Å². The molecule has 2 fully saturated rings. The van der Waals surface area contributed by atoms with Gasteiger partial charge in [-0.3, -0.25) is 32.5 Å². The Morgan fingerprint density at radius 1 is 1.07 bits per heavy atom. The number of anilines is 2. The quantitative estimate of drug-likeness (QED) is 0.0829. The van der Waals surface area contributed by atoms with E-state index in [9.17, 15) is 33.9 Å². The van der Waals surface area contributed by atoms with E-state index in [0.717, 1.165) is 17.2 Å². The van der Waals surface area contributed by atoms with Crippen LogP contribution in [0.15, 0.2) is 23.8 Å². The number of hydrogen-bond donors (Lipinski definition) is 7. The standard InChI is InChI=1S/C21H27FN10O12P2/c22-9-13(7(1-33)42-19(9)32-5-28-11-17(32)29-21(24)30-18(11)35)44-46(38,39)41-2-8-12(34)14(40-6-45(36)37)20(43-8)31-4-27-10-15(23)25-3-26-16(10)31/h3-5,7-9,12-14,19-20,33-34,45H,1-2,6H2,(H,36,37)(H,38,39)(H2,23,25,26)(H3,24,29,30,35)/t7-,8-,9?,12?,13?,14?,19-,20-/m1/s1. The van der Waals surface area contributed by atoms with Gasteiger partial charge in [-0.15, -0.1) is 0 Å². The molecule has 0 aliphatic carbocycles. The minimum Gasteiger partial charge on any atom is -0.394 e. The highest BCUT2D eigenvalue weighted by molar-refractivity contribution is 7.47. The van der Waals surface area contributed by atoms with Crippen LogP contribution in [0.4, 0.5) is 16.2 Å². The maximum Gasteiger partial charge on any atom is 0.472 e. The molecule has 22 nitrogen and oxygen atoms in total. The third kappa shape index (κ3) is 6.02. The van der Waals surface area contributed by atoms with Crippen LogP contribution in [0.5, 0.6) is 0 Å². The van der Waals surface area contributed by atoms with Crippen LogP contribution in [0.2, 0.25) is 0 Å². The maximum atomic E-state index is 15.7. The Morgan fingerprint density at radius 3 is 2.48 bits per heavy atom. The van der Waals surface area contributed by atoms with Gasteiger partial charge in [-0.25, -0.2) is 28.9 Å². The molecule has 0 radical (unpaired) electrons. The van der Waals surface area contributed by atoms with E-state index in [4.69, 9.17) is 34.7 Å². The van der Waals surface area contributed by atoms with Gasteiger partial charge in [0.05, 0.1) is 25.9 Å². The number of rotatable bonds is 11. The van der Waals surface area contributed by atoms with Crippen LogP contribution in [0.1, 0.15) is 12.5 Å². The number of ether oxygens (including phenoxy) is 3. The molecule has 2 aliphatic heterocycles. The fraction of sp³-hybridized carbons (Fsp3) is 0.524. The number of halogens is 1. The minimum absolute atomic E-state index is 0.0409. The number of nitrogens with zero attached hydrogens (tertiary/aromatic N) is 7. The summed E-state index contributed by atoms with van der Waals surface area (Å²) in [6.07, 6.45) is -9.94. The zero-order valence-corrected chi connectivity index (χ0v) is 25.0. The van der Waals surface area contributed by atoms with E-state index in [0.29, 0.717) is 0 Å². The lowest BCUT2D eigenvalue weighted by Crippen LogP contribution is -2.36. The van der Waals surface area contributed by atoms with Gasteiger partial charge in [0.1, 0.15) is 48.7 Å². The van der Waals surface area contributed by atoms with Crippen molar-refractivity contribution in [1.82, 2.24) is 39.0 Å². The van der Waals surface area contributed by atoms with E-state index in [1.165, 1.54) is 10.9 Å². The molecule has 6 rings (SSSR count). The van der Waals surface area contributed by atoms with Crippen molar-refractivity contribution in [3.63, 3.8) is 0 Å². The topological polar surface area (TPSA) is 320 Å². The number of H-pyrrole nitrogens is 1. The zero-order valence-electron chi connectivity index (χ0n) is 23.1. The van der Waals surface area contributed by atoms with Crippen molar-refractivity contribution in [2.75, 3.05) is 31.0 Å². The van der Waals surface area contributed by atoms with Crippen molar-refractivity contribution < 1.29 is 56.8 Å². The Bertz CT molecular complexity index is 1880. The first-order valence-electron chi connectivity index (χ1n) is 13.3. The first-order chi connectivity index (χ1) is 21.9. The Balaban J connectivity index is 1.17. The zero-order chi connectivity index (χ0) is 32.9. The van der Waals surface area contributed by atoms with Gasteiger partial charge in [0, 0.05) is 0 Å².